The van der Waals surface area contributed by atoms with E-state index in [0.29, 0.717) is 11.3 Å². The normalized spacial score (nSPS) is 17.3. The molecule has 0 bridgehead atoms. The third-order valence-electron chi connectivity index (χ3n) is 8.42. The molecule has 7 rings (SSSR count). The number of fused-ring (bicyclic) bond motifs is 5. The smallest absolute Gasteiger partial charge is 0.224 e. The van der Waals surface area contributed by atoms with Gasteiger partial charge in [0.25, 0.3) is 0 Å². The first-order valence-corrected chi connectivity index (χ1v) is 12.3. The van der Waals surface area contributed by atoms with Gasteiger partial charge < -0.3 is 0 Å². The van der Waals surface area contributed by atoms with Crippen molar-refractivity contribution in [3.8, 4) is 0 Å². The van der Waals surface area contributed by atoms with Crippen molar-refractivity contribution < 1.29 is 4.57 Å². The first kappa shape index (κ1) is 19.3. The van der Waals surface area contributed by atoms with Gasteiger partial charge in [-0.1, -0.05) is 32.0 Å². The molecule has 6 aromatic rings. The highest BCUT2D eigenvalue weighted by Gasteiger charge is 2.29. The molecule has 4 aromatic heterocycles. The molecule has 0 radical (unpaired) electrons. The van der Waals surface area contributed by atoms with Crippen molar-refractivity contribution in [2.24, 2.45) is 12.5 Å². The van der Waals surface area contributed by atoms with Crippen molar-refractivity contribution in [3.05, 3.63) is 66.0 Å². The lowest BCUT2D eigenvalue weighted by molar-refractivity contribution is -0.643. The highest BCUT2D eigenvalue weighted by atomic mass is 15.0. The van der Waals surface area contributed by atoms with Gasteiger partial charge in [-0.05, 0) is 78.7 Å². The van der Waals surface area contributed by atoms with Crippen molar-refractivity contribution in [1.29, 1.82) is 0 Å². The van der Waals surface area contributed by atoms with Crippen molar-refractivity contribution in [2.75, 3.05) is 0 Å². The van der Waals surface area contributed by atoms with Crippen molar-refractivity contribution in [1.82, 2.24) is 9.38 Å². The Balaban J connectivity index is 1.68. The fourth-order valence-electron chi connectivity index (χ4n) is 6.52. The molecule has 33 heavy (non-hydrogen) atoms. The summed E-state index contributed by atoms with van der Waals surface area (Å²) in [5.74, 6) is 0.639. The van der Waals surface area contributed by atoms with Crippen molar-refractivity contribution in [3.63, 3.8) is 0 Å². The summed E-state index contributed by atoms with van der Waals surface area (Å²) in [5.41, 5.74) is 8.30. The maximum atomic E-state index is 4.89. The van der Waals surface area contributed by atoms with E-state index in [-0.39, 0.29) is 0 Å². The number of nitrogens with zero attached hydrogens (tertiary/aromatic N) is 3. The zero-order valence-electron chi connectivity index (χ0n) is 19.9. The summed E-state index contributed by atoms with van der Waals surface area (Å²) in [6.07, 6.45) is 9.34. The molecule has 3 heteroatoms. The summed E-state index contributed by atoms with van der Waals surface area (Å²) in [6.45, 7) is 7.09. The molecule has 0 spiro atoms. The van der Waals surface area contributed by atoms with Gasteiger partial charge in [-0.2, -0.15) is 0 Å². The molecule has 1 aliphatic carbocycles. The van der Waals surface area contributed by atoms with Gasteiger partial charge in [-0.25, -0.2) is 9.55 Å². The number of rotatable bonds is 1. The number of aromatic nitrogens is 3. The SMILES string of the molecule is Cc1ccc2c3cccnc3n3c4cc(C5CCC(C)(C)CC5)cc5cc[n+](C)c(c1c23)c54. The molecule has 0 N–H and O–H groups in total. The second-order valence-electron chi connectivity index (χ2n) is 11.1. The van der Waals surface area contributed by atoms with Crippen LogP contribution < -0.4 is 4.57 Å². The average Bonchev–Trinajstić information content (AvgIpc) is 3.14. The Morgan fingerprint density at radius 3 is 2.64 bits per heavy atom. The lowest BCUT2D eigenvalue weighted by Gasteiger charge is -2.34. The maximum absolute atomic E-state index is 4.89. The number of hydrogen-bond acceptors (Lipinski definition) is 1. The van der Waals surface area contributed by atoms with Gasteiger partial charge >= 0.3 is 0 Å². The Morgan fingerprint density at radius 1 is 1.00 bits per heavy atom. The van der Waals surface area contributed by atoms with Gasteiger partial charge in [-0.15, -0.1) is 0 Å². The van der Waals surface area contributed by atoms with Gasteiger partial charge in [0, 0.05) is 23.0 Å². The highest BCUT2D eigenvalue weighted by molar-refractivity contribution is 6.25. The van der Waals surface area contributed by atoms with Crippen LogP contribution in [0.2, 0.25) is 0 Å². The minimum Gasteiger partial charge on any atom is -0.292 e. The van der Waals surface area contributed by atoms with E-state index in [9.17, 15) is 0 Å². The van der Waals surface area contributed by atoms with Gasteiger partial charge in [0.2, 0.25) is 5.52 Å². The van der Waals surface area contributed by atoms with Crippen LogP contribution in [-0.2, 0) is 7.05 Å². The Hall–Kier alpha value is -3.20. The molecular weight excluding hydrogens is 402 g/mol. The van der Waals surface area contributed by atoms with E-state index in [4.69, 9.17) is 4.98 Å². The van der Waals surface area contributed by atoms with E-state index >= 15 is 0 Å². The Morgan fingerprint density at radius 2 is 1.82 bits per heavy atom. The summed E-state index contributed by atoms with van der Waals surface area (Å²) < 4.78 is 4.77. The molecule has 2 aromatic carbocycles. The largest absolute Gasteiger partial charge is 0.292 e. The lowest BCUT2D eigenvalue weighted by atomic mass is 9.71. The predicted octanol–water partition coefficient (Wildman–Crippen LogP) is 7.20. The molecule has 0 unspecified atom stereocenters. The van der Waals surface area contributed by atoms with E-state index in [1.807, 2.05) is 6.20 Å². The molecule has 164 valence electrons. The van der Waals surface area contributed by atoms with Crippen LogP contribution in [0.15, 0.2) is 54.9 Å². The maximum Gasteiger partial charge on any atom is 0.224 e. The minimum atomic E-state index is 0.478. The van der Waals surface area contributed by atoms with Crippen molar-refractivity contribution >= 4 is 49.1 Å². The van der Waals surface area contributed by atoms with Crippen LogP contribution in [0.3, 0.4) is 0 Å². The fraction of sp³-hybridized carbons (Fsp3) is 0.333. The number of aryl methyl sites for hydroxylation is 2. The van der Waals surface area contributed by atoms with Gasteiger partial charge in [0.15, 0.2) is 6.20 Å². The van der Waals surface area contributed by atoms with Gasteiger partial charge in [-0.3, -0.25) is 4.40 Å². The van der Waals surface area contributed by atoms with E-state index in [1.165, 1.54) is 80.3 Å². The summed E-state index contributed by atoms with van der Waals surface area (Å²) in [7, 11) is 2.19. The zero-order chi connectivity index (χ0) is 22.5. The Labute approximate surface area is 194 Å². The standard InChI is InChI=1S/C30H30N3/c1-18-7-8-22-23-6-5-14-31-29(23)33-24-17-21(19-9-12-30(2,3)13-10-19)16-20-11-15-32(4)28(26(20)24)25(18)27(22)33/h5-8,11,14-17,19H,9-10,12-13H2,1-4H3/q+1. The van der Waals surface area contributed by atoms with Crippen LogP contribution in [0.1, 0.15) is 56.6 Å². The number of hydrogen-bond donors (Lipinski definition) is 0. The molecular formula is C30H30N3+. The molecule has 1 fully saturated rings. The van der Waals surface area contributed by atoms with Crippen LogP contribution in [0.5, 0.6) is 0 Å². The monoisotopic (exact) mass is 432 g/mol. The average molecular weight is 433 g/mol. The first-order chi connectivity index (χ1) is 15.9. The predicted molar refractivity (Wildman–Crippen MR) is 137 cm³/mol. The summed E-state index contributed by atoms with van der Waals surface area (Å²) >= 11 is 0. The summed E-state index contributed by atoms with van der Waals surface area (Å²) in [4.78, 5) is 4.89. The van der Waals surface area contributed by atoms with E-state index in [0.717, 1.165) is 5.65 Å². The summed E-state index contributed by atoms with van der Waals surface area (Å²) in [6, 6.07) is 16.1. The molecule has 0 saturated heterocycles. The molecule has 3 nitrogen and oxygen atoms in total. The van der Waals surface area contributed by atoms with E-state index in [2.05, 4.69) is 85.4 Å². The highest BCUT2D eigenvalue weighted by Crippen LogP contribution is 2.45. The fourth-order valence-corrected chi connectivity index (χ4v) is 6.52. The third kappa shape index (κ3) is 2.57. The Kier molecular flexibility index (Phi) is 3.76. The van der Waals surface area contributed by atoms with E-state index in [1.54, 1.807) is 0 Å². The van der Waals surface area contributed by atoms with Gasteiger partial charge in [0.05, 0.1) is 21.8 Å². The van der Waals surface area contributed by atoms with Crippen LogP contribution in [0.25, 0.3) is 49.1 Å². The van der Waals surface area contributed by atoms with E-state index < -0.39 is 0 Å². The first-order valence-electron chi connectivity index (χ1n) is 12.3. The van der Waals surface area contributed by atoms with Crippen molar-refractivity contribution in [2.45, 2.75) is 52.4 Å². The Bertz CT molecular complexity index is 1710. The second kappa shape index (κ2) is 6.44. The number of pyridine rings is 3. The van der Waals surface area contributed by atoms with Gasteiger partial charge in [0.1, 0.15) is 12.7 Å². The molecule has 1 saturated carbocycles. The third-order valence-corrected chi connectivity index (χ3v) is 8.42. The quantitative estimate of drug-likeness (QED) is 0.153. The van der Waals surface area contributed by atoms with Crippen LogP contribution >= 0.6 is 0 Å². The topological polar surface area (TPSA) is 21.2 Å². The molecule has 0 amide bonds. The second-order valence-corrected chi connectivity index (χ2v) is 11.1. The molecule has 0 aliphatic heterocycles. The molecule has 4 heterocycles. The summed E-state index contributed by atoms with van der Waals surface area (Å²) in [5, 5.41) is 6.58. The zero-order valence-corrected chi connectivity index (χ0v) is 19.9. The van der Waals surface area contributed by atoms with Crippen LogP contribution in [0, 0.1) is 12.3 Å². The number of benzene rings is 2. The minimum absolute atomic E-state index is 0.478. The van der Waals surface area contributed by atoms with Crippen LogP contribution in [0.4, 0.5) is 0 Å². The lowest BCUT2D eigenvalue weighted by Crippen LogP contribution is -2.29. The molecule has 1 aliphatic rings. The van der Waals surface area contributed by atoms with Crippen LogP contribution in [-0.4, -0.2) is 9.38 Å². The molecule has 0 atom stereocenters.